The average molecular weight is 437 g/mol. The van der Waals surface area contributed by atoms with Crippen molar-refractivity contribution in [1.29, 1.82) is 0 Å². The number of ether oxygens (including phenoxy) is 1. The van der Waals surface area contributed by atoms with Crippen LogP contribution in [0.5, 0.6) is 0 Å². The Bertz CT molecular complexity index is 998. The van der Waals surface area contributed by atoms with Gasteiger partial charge in [-0.25, -0.2) is 9.07 Å². The van der Waals surface area contributed by atoms with Gasteiger partial charge in [-0.15, -0.1) is 0 Å². The van der Waals surface area contributed by atoms with Gasteiger partial charge in [-0.3, -0.25) is 4.68 Å². The summed E-state index contributed by atoms with van der Waals surface area (Å²) in [5.41, 5.74) is 3.46. The Hall–Kier alpha value is -2.49. The lowest BCUT2D eigenvalue weighted by molar-refractivity contribution is 0.0792. The van der Waals surface area contributed by atoms with E-state index in [1.165, 1.54) is 6.07 Å². The van der Waals surface area contributed by atoms with Gasteiger partial charge in [-0.2, -0.15) is 10.2 Å². The van der Waals surface area contributed by atoms with Crippen LogP contribution in [0.4, 0.5) is 15.8 Å². The van der Waals surface area contributed by atoms with Gasteiger partial charge in [0.15, 0.2) is 5.11 Å². The summed E-state index contributed by atoms with van der Waals surface area (Å²) in [6.45, 7) is 6.89. The molecule has 3 aromatic rings. The first-order valence-electron chi connectivity index (χ1n) is 9.04. The van der Waals surface area contributed by atoms with E-state index < -0.39 is 0 Å². The maximum absolute atomic E-state index is 14.1. The number of anilines is 2. The number of nitrogens with one attached hydrogen (secondary N) is 2. The van der Waals surface area contributed by atoms with E-state index in [0.717, 1.165) is 22.8 Å². The van der Waals surface area contributed by atoms with Crippen LogP contribution < -0.4 is 10.6 Å². The number of hydrogen-bond donors (Lipinski definition) is 2. The molecular weight excluding hydrogens is 415 g/mol. The fourth-order valence-corrected chi connectivity index (χ4v) is 3.27. The minimum absolute atomic E-state index is 0.226. The highest BCUT2D eigenvalue weighted by Crippen LogP contribution is 2.24. The third-order valence-corrected chi connectivity index (χ3v) is 4.87. The smallest absolute Gasteiger partial charge is 0.175 e. The van der Waals surface area contributed by atoms with Crippen molar-refractivity contribution in [1.82, 2.24) is 19.6 Å². The number of aryl methyl sites for hydroxylation is 1. The highest BCUT2D eigenvalue weighted by molar-refractivity contribution is 7.80. The van der Waals surface area contributed by atoms with E-state index in [0.29, 0.717) is 29.0 Å². The van der Waals surface area contributed by atoms with Crippen LogP contribution >= 0.6 is 23.8 Å². The van der Waals surface area contributed by atoms with E-state index in [4.69, 9.17) is 28.6 Å². The lowest BCUT2D eigenvalue weighted by Crippen LogP contribution is -2.19. The summed E-state index contributed by atoms with van der Waals surface area (Å²) in [7, 11) is 0. The molecule has 0 aliphatic carbocycles. The quantitative estimate of drug-likeness (QED) is 0.537. The van der Waals surface area contributed by atoms with E-state index in [1.54, 1.807) is 33.9 Å². The Kier molecular flexibility index (Phi) is 6.83. The number of aromatic nitrogens is 4. The van der Waals surface area contributed by atoms with Gasteiger partial charge in [0, 0.05) is 17.2 Å². The summed E-state index contributed by atoms with van der Waals surface area (Å²) < 4.78 is 22.8. The van der Waals surface area contributed by atoms with E-state index in [1.807, 2.05) is 20.8 Å². The van der Waals surface area contributed by atoms with Gasteiger partial charge in [0.1, 0.15) is 12.5 Å². The third-order valence-electron chi connectivity index (χ3n) is 4.31. The van der Waals surface area contributed by atoms with Crippen molar-refractivity contribution >= 4 is 40.3 Å². The third kappa shape index (κ3) is 5.11. The first kappa shape index (κ1) is 21.2. The number of hydrogen-bond acceptors (Lipinski definition) is 4. The molecule has 0 unspecified atom stereocenters. The molecule has 29 heavy (non-hydrogen) atoms. The number of rotatable bonds is 7. The van der Waals surface area contributed by atoms with Gasteiger partial charge in [0.2, 0.25) is 0 Å². The van der Waals surface area contributed by atoms with Crippen molar-refractivity contribution in [2.45, 2.75) is 34.0 Å². The lowest BCUT2D eigenvalue weighted by Gasteiger charge is -2.11. The lowest BCUT2D eigenvalue weighted by atomic mass is 10.2. The van der Waals surface area contributed by atoms with Gasteiger partial charge < -0.3 is 15.4 Å². The van der Waals surface area contributed by atoms with Gasteiger partial charge in [-0.05, 0) is 45.1 Å². The molecule has 7 nitrogen and oxygen atoms in total. The molecule has 0 radical (unpaired) electrons. The molecule has 0 fully saturated rings. The summed E-state index contributed by atoms with van der Waals surface area (Å²) in [5.74, 6) is -0.360. The molecular formula is C19H22ClFN6OS. The van der Waals surface area contributed by atoms with Crippen LogP contribution in [0, 0.1) is 19.7 Å². The van der Waals surface area contributed by atoms with Gasteiger partial charge in [-0.1, -0.05) is 17.7 Å². The van der Waals surface area contributed by atoms with Crippen LogP contribution in [-0.2, 0) is 18.0 Å². The Balaban J connectivity index is 1.70. The molecule has 154 valence electrons. The highest BCUT2D eigenvalue weighted by atomic mass is 35.5. The molecule has 0 aliphatic rings. The maximum atomic E-state index is 14.1. The van der Waals surface area contributed by atoms with Crippen molar-refractivity contribution in [3.05, 3.63) is 58.4 Å². The minimum atomic E-state index is -0.360. The zero-order valence-corrected chi connectivity index (χ0v) is 17.9. The van der Waals surface area contributed by atoms with Crippen molar-refractivity contribution in [2.24, 2.45) is 0 Å². The van der Waals surface area contributed by atoms with Crippen molar-refractivity contribution in [2.75, 3.05) is 17.2 Å². The Morgan fingerprint density at radius 3 is 2.83 bits per heavy atom. The molecule has 0 amide bonds. The molecule has 1 aromatic carbocycles. The van der Waals surface area contributed by atoms with Crippen molar-refractivity contribution < 1.29 is 9.13 Å². The second-order valence-corrected chi connectivity index (χ2v) is 7.19. The number of nitrogens with zero attached hydrogens (tertiary/aromatic N) is 4. The summed E-state index contributed by atoms with van der Waals surface area (Å²) in [6, 6.07) is 4.63. The Morgan fingerprint density at radius 1 is 1.31 bits per heavy atom. The number of benzene rings is 1. The van der Waals surface area contributed by atoms with Crippen molar-refractivity contribution in [3.8, 4) is 0 Å². The van der Waals surface area contributed by atoms with Crippen LogP contribution in [0.3, 0.4) is 0 Å². The largest absolute Gasteiger partial charge is 0.360 e. The van der Waals surface area contributed by atoms with Crippen molar-refractivity contribution in [3.63, 3.8) is 0 Å². The Labute approximate surface area is 178 Å². The number of halogens is 2. The first-order chi connectivity index (χ1) is 13.9. The number of thiocarbonyl (C=S) groups is 1. The second-order valence-electron chi connectivity index (χ2n) is 6.37. The van der Waals surface area contributed by atoms with Gasteiger partial charge >= 0.3 is 0 Å². The zero-order chi connectivity index (χ0) is 21.0. The van der Waals surface area contributed by atoms with Crippen LogP contribution in [0.2, 0.25) is 5.02 Å². The fourth-order valence-electron chi connectivity index (χ4n) is 2.82. The molecule has 0 bridgehead atoms. The minimum Gasteiger partial charge on any atom is -0.360 e. The molecule has 0 spiro atoms. The van der Waals surface area contributed by atoms with E-state index in [-0.39, 0.29) is 12.4 Å². The molecule has 0 aliphatic heterocycles. The second kappa shape index (κ2) is 9.34. The molecule has 10 heteroatoms. The molecule has 2 aromatic heterocycles. The average Bonchev–Trinajstić information content (AvgIpc) is 3.22. The summed E-state index contributed by atoms with van der Waals surface area (Å²) >= 11 is 11.5. The highest BCUT2D eigenvalue weighted by Gasteiger charge is 2.16. The molecule has 0 saturated heterocycles. The molecule has 0 saturated carbocycles. The molecule has 0 atom stereocenters. The zero-order valence-electron chi connectivity index (χ0n) is 16.4. The van der Waals surface area contributed by atoms with Crippen LogP contribution in [0.1, 0.15) is 23.9 Å². The maximum Gasteiger partial charge on any atom is 0.175 e. The first-order valence-corrected chi connectivity index (χ1v) is 9.82. The normalized spacial score (nSPS) is 10.9. The van der Waals surface area contributed by atoms with Crippen LogP contribution in [0.25, 0.3) is 0 Å². The SMILES string of the molecule is CCOCn1cc(NC(=S)Nc2c(C)nn(Cc3c(F)cccc3Cl)c2C)cn1. The topological polar surface area (TPSA) is 68.9 Å². The molecule has 2 heterocycles. The monoisotopic (exact) mass is 436 g/mol. The van der Waals surface area contributed by atoms with E-state index in [9.17, 15) is 4.39 Å². The van der Waals surface area contributed by atoms with Gasteiger partial charge in [0.25, 0.3) is 0 Å². The molecule has 2 N–H and O–H groups in total. The summed E-state index contributed by atoms with van der Waals surface area (Å²) in [5, 5.41) is 15.7. The van der Waals surface area contributed by atoms with E-state index in [2.05, 4.69) is 20.8 Å². The fraction of sp³-hybridized carbons (Fsp3) is 0.316. The standard InChI is InChI=1S/C19H22ClFN6OS/c1-4-28-11-26-9-14(8-22-26)23-19(29)24-18-12(2)25-27(13(18)3)10-15-16(20)6-5-7-17(15)21/h5-9H,4,10-11H2,1-3H3,(H2,23,24,29). The Morgan fingerprint density at radius 2 is 2.10 bits per heavy atom. The van der Waals surface area contributed by atoms with Crippen LogP contribution in [0.15, 0.2) is 30.6 Å². The molecule has 3 rings (SSSR count). The van der Waals surface area contributed by atoms with E-state index >= 15 is 0 Å². The predicted molar refractivity (Wildman–Crippen MR) is 116 cm³/mol. The van der Waals surface area contributed by atoms with Crippen LogP contribution in [-0.4, -0.2) is 31.3 Å². The summed E-state index contributed by atoms with van der Waals surface area (Å²) in [4.78, 5) is 0. The van der Waals surface area contributed by atoms with Gasteiger partial charge in [0.05, 0.1) is 41.7 Å². The summed E-state index contributed by atoms with van der Waals surface area (Å²) in [6.07, 6.45) is 3.46. The predicted octanol–water partition coefficient (Wildman–Crippen LogP) is 4.34.